The number of hydrogen-bond donors (Lipinski definition) is 1. The molecule has 1 N–H and O–H groups in total. The molecule has 22 heavy (non-hydrogen) atoms. The summed E-state index contributed by atoms with van der Waals surface area (Å²) in [7, 11) is -1.80. The van der Waals surface area contributed by atoms with Gasteiger partial charge in [-0.2, -0.15) is 4.31 Å². The van der Waals surface area contributed by atoms with E-state index in [0.717, 1.165) is 36.7 Å². The van der Waals surface area contributed by atoms with Crippen LogP contribution >= 0.6 is 12.4 Å². The van der Waals surface area contributed by atoms with Crippen LogP contribution in [-0.2, 0) is 10.0 Å². The molecule has 2 heterocycles. The van der Waals surface area contributed by atoms with Crippen LogP contribution in [0.5, 0.6) is 0 Å². The number of nitrogens with zero attached hydrogens (tertiary/aromatic N) is 2. The fourth-order valence-electron chi connectivity index (χ4n) is 2.84. The number of rotatable bonds is 3. The van der Waals surface area contributed by atoms with Crippen molar-refractivity contribution in [2.24, 2.45) is 0 Å². The number of sulfonamides is 1. The Morgan fingerprint density at radius 2 is 1.95 bits per heavy atom. The average molecular weight is 342 g/mol. The van der Waals surface area contributed by atoms with Crippen LogP contribution < -0.4 is 5.32 Å². The first-order chi connectivity index (χ1) is 10.1. The molecule has 120 valence electrons. The summed E-state index contributed by atoms with van der Waals surface area (Å²) in [6.07, 6.45) is 5.02. The normalized spacial score (nSPS) is 16.6. The van der Waals surface area contributed by atoms with E-state index in [1.54, 1.807) is 37.6 Å². The van der Waals surface area contributed by atoms with Crippen molar-refractivity contribution in [1.29, 1.82) is 0 Å². The fourth-order valence-corrected chi connectivity index (χ4v) is 4.47. The Morgan fingerprint density at radius 1 is 1.23 bits per heavy atom. The van der Waals surface area contributed by atoms with Crippen molar-refractivity contribution in [3.63, 3.8) is 0 Å². The van der Waals surface area contributed by atoms with Crippen LogP contribution in [0.15, 0.2) is 41.6 Å². The second-order valence-corrected chi connectivity index (χ2v) is 7.32. The predicted molar refractivity (Wildman–Crippen MR) is 89.8 cm³/mol. The minimum Gasteiger partial charge on any atom is -0.317 e. The summed E-state index contributed by atoms with van der Waals surface area (Å²) in [6.45, 7) is 1.73. The number of aromatic nitrogens is 1. The van der Waals surface area contributed by atoms with Crippen LogP contribution in [0.25, 0.3) is 10.8 Å². The Kier molecular flexibility index (Phi) is 5.39. The van der Waals surface area contributed by atoms with Gasteiger partial charge >= 0.3 is 0 Å². The Hall–Kier alpha value is -1.21. The number of pyridine rings is 1. The summed E-state index contributed by atoms with van der Waals surface area (Å²) in [5.41, 5.74) is 0. The van der Waals surface area contributed by atoms with Crippen molar-refractivity contribution in [2.45, 2.75) is 23.8 Å². The van der Waals surface area contributed by atoms with E-state index in [9.17, 15) is 8.42 Å². The van der Waals surface area contributed by atoms with Crippen molar-refractivity contribution in [3.05, 3.63) is 36.7 Å². The fraction of sp³-hybridized carbons (Fsp3) is 0.400. The number of benzene rings is 1. The van der Waals surface area contributed by atoms with Crippen molar-refractivity contribution in [3.8, 4) is 0 Å². The summed E-state index contributed by atoms with van der Waals surface area (Å²) >= 11 is 0. The summed E-state index contributed by atoms with van der Waals surface area (Å²) in [5, 5.41) is 4.84. The quantitative estimate of drug-likeness (QED) is 0.928. The molecular formula is C15H20ClN3O2S. The molecule has 0 saturated carbocycles. The SMILES string of the molecule is CN(C1CCNCC1)S(=O)(=O)c1cccc2cnccc12.Cl. The molecule has 0 aliphatic carbocycles. The smallest absolute Gasteiger partial charge is 0.243 e. The molecule has 3 rings (SSSR count). The zero-order valence-electron chi connectivity index (χ0n) is 12.4. The van der Waals surface area contributed by atoms with Gasteiger partial charge in [0.15, 0.2) is 0 Å². The van der Waals surface area contributed by atoms with Gasteiger partial charge in [-0.25, -0.2) is 8.42 Å². The molecule has 0 bridgehead atoms. The standard InChI is InChI=1S/C15H19N3O2S.ClH/c1-18(13-5-8-16-9-6-13)21(19,20)15-4-2-3-12-11-17-10-7-14(12)15;/h2-4,7,10-11,13,16H,5-6,8-9H2,1H3;1H. The zero-order valence-corrected chi connectivity index (χ0v) is 14.0. The van der Waals surface area contributed by atoms with E-state index >= 15 is 0 Å². The minimum atomic E-state index is -3.49. The lowest BCUT2D eigenvalue weighted by Crippen LogP contribution is -2.43. The van der Waals surface area contributed by atoms with E-state index in [-0.39, 0.29) is 18.4 Å². The molecule has 1 aliphatic rings. The molecule has 0 atom stereocenters. The van der Waals surface area contributed by atoms with Crippen LogP contribution in [0.1, 0.15) is 12.8 Å². The molecule has 0 amide bonds. The Bertz CT molecular complexity index is 740. The lowest BCUT2D eigenvalue weighted by atomic mass is 10.1. The van der Waals surface area contributed by atoms with Gasteiger partial charge < -0.3 is 5.32 Å². The molecule has 5 nitrogen and oxygen atoms in total. The molecule has 0 spiro atoms. The maximum Gasteiger partial charge on any atom is 0.243 e. The maximum absolute atomic E-state index is 12.9. The van der Waals surface area contributed by atoms with Gasteiger partial charge in [-0.1, -0.05) is 12.1 Å². The topological polar surface area (TPSA) is 62.3 Å². The number of halogens is 1. The Morgan fingerprint density at radius 3 is 2.68 bits per heavy atom. The molecule has 1 saturated heterocycles. The zero-order chi connectivity index (χ0) is 14.9. The predicted octanol–water partition coefficient (Wildman–Crippen LogP) is 2.03. The van der Waals surface area contributed by atoms with E-state index in [1.807, 2.05) is 6.07 Å². The molecule has 0 unspecified atom stereocenters. The van der Waals surface area contributed by atoms with E-state index in [1.165, 1.54) is 4.31 Å². The monoisotopic (exact) mass is 341 g/mol. The molecule has 7 heteroatoms. The van der Waals surface area contributed by atoms with Gasteiger partial charge in [0, 0.05) is 36.3 Å². The first-order valence-corrected chi connectivity index (χ1v) is 8.56. The minimum absolute atomic E-state index is 0. The van der Waals surface area contributed by atoms with Gasteiger partial charge in [0.1, 0.15) is 0 Å². The summed E-state index contributed by atoms with van der Waals surface area (Å²) in [4.78, 5) is 4.42. The third-order valence-corrected chi connectivity index (χ3v) is 6.09. The van der Waals surface area contributed by atoms with Gasteiger partial charge in [-0.15, -0.1) is 12.4 Å². The van der Waals surface area contributed by atoms with Gasteiger partial charge in [0.25, 0.3) is 0 Å². The highest BCUT2D eigenvalue weighted by atomic mass is 35.5. The van der Waals surface area contributed by atoms with Crippen LogP contribution in [0.2, 0.25) is 0 Å². The van der Waals surface area contributed by atoms with Crippen LogP contribution in [0.3, 0.4) is 0 Å². The van der Waals surface area contributed by atoms with E-state index in [4.69, 9.17) is 0 Å². The van der Waals surface area contributed by atoms with E-state index < -0.39 is 10.0 Å². The molecule has 2 aromatic rings. The molecule has 1 fully saturated rings. The Balaban J connectivity index is 0.00000176. The van der Waals surface area contributed by atoms with Gasteiger partial charge in [0.2, 0.25) is 10.0 Å². The first-order valence-electron chi connectivity index (χ1n) is 7.12. The van der Waals surface area contributed by atoms with E-state index in [0.29, 0.717) is 4.90 Å². The van der Waals surface area contributed by atoms with Gasteiger partial charge in [0.05, 0.1) is 4.90 Å². The summed E-state index contributed by atoms with van der Waals surface area (Å²) in [6, 6.07) is 7.15. The molecule has 1 aromatic heterocycles. The van der Waals surface area contributed by atoms with Crippen LogP contribution in [0, 0.1) is 0 Å². The van der Waals surface area contributed by atoms with Crippen molar-refractivity contribution in [2.75, 3.05) is 20.1 Å². The van der Waals surface area contributed by atoms with Crippen molar-refractivity contribution < 1.29 is 8.42 Å². The largest absolute Gasteiger partial charge is 0.317 e. The lowest BCUT2D eigenvalue weighted by molar-refractivity contribution is 0.296. The second kappa shape index (κ2) is 6.91. The summed E-state index contributed by atoms with van der Waals surface area (Å²) in [5.74, 6) is 0. The molecule has 0 radical (unpaired) electrons. The third-order valence-electron chi connectivity index (χ3n) is 4.12. The second-order valence-electron chi connectivity index (χ2n) is 5.36. The van der Waals surface area contributed by atoms with Crippen molar-refractivity contribution in [1.82, 2.24) is 14.6 Å². The highest BCUT2D eigenvalue weighted by Gasteiger charge is 2.29. The number of piperidine rings is 1. The average Bonchev–Trinajstić information content (AvgIpc) is 2.54. The summed E-state index contributed by atoms with van der Waals surface area (Å²) < 4.78 is 27.4. The van der Waals surface area contributed by atoms with Gasteiger partial charge in [-0.3, -0.25) is 4.98 Å². The Labute approximate surface area is 137 Å². The highest BCUT2D eigenvalue weighted by molar-refractivity contribution is 7.89. The third kappa shape index (κ3) is 3.10. The first kappa shape index (κ1) is 17.1. The van der Waals surface area contributed by atoms with Crippen LogP contribution in [-0.4, -0.2) is 43.9 Å². The van der Waals surface area contributed by atoms with E-state index in [2.05, 4.69) is 10.3 Å². The number of nitrogens with one attached hydrogen (secondary N) is 1. The highest BCUT2D eigenvalue weighted by Crippen LogP contribution is 2.27. The number of fused-ring (bicyclic) bond motifs is 1. The van der Waals surface area contributed by atoms with Gasteiger partial charge in [-0.05, 0) is 38.1 Å². The molecular weight excluding hydrogens is 322 g/mol. The van der Waals surface area contributed by atoms with Crippen molar-refractivity contribution >= 4 is 33.2 Å². The lowest BCUT2D eigenvalue weighted by Gasteiger charge is -2.31. The maximum atomic E-state index is 12.9. The molecule has 1 aliphatic heterocycles. The van der Waals surface area contributed by atoms with Crippen LogP contribution in [0.4, 0.5) is 0 Å². The number of hydrogen-bond acceptors (Lipinski definition) is 4. The molecule has 1 aromatic carbocycles.